The maximum atomic E-state index is 12.2. The lowest BCUT2D eigenvalue weighted by Crippen LogP contribution is -2.52. The lowest BCUT2D eigenvalue weighted by atomic mass is 10.0. The highest BCUT2D eigenvalue weighted by atomic mass is 16.6. The molecule has 0 radical (unpaired) electrons. The van der Waals surface area contributed by atoms with E-state index >= 15 is 0 Å². The summed E-state index contributed by atoms with van der Waals surface area (Å²) >= 11 is 0. The van der Waals surface area contributed by atoms with Crippen LogP contribution in [0.3, 0.4) is 0 Å². The minimum absolute atomic E-state index is 0.0000935. The molecule has 2 aliphatic heterocycles. The van der Waals surface area contributed by atoms with Crippen LogP contribution in [-0.4, -0.2) is 63.4 Å². The molecule has 144 valence electrons. The van der Waals surface area contributed by atoms with Gasteiger partial charge in [0.05, 0.1) is 6.04 Å². The normalized spacial score (nSPS) is 28.3. The van der Waals surface area contributed by atoms with Gasteiger partial charge in [0, 0.05) is 19.1 Å². The minimum atomic E-state index is -0.909. The molecule has 3 rings (SSSR count). The molecule has 3 unspecified atom stereocenters. The fraction of sp³-hybridized carbons (Fsp3) is 0.632. The number of ether oxygens (including phenoxy) is 1. The van der Waals surface area contributed by atoms with Crippen molar-refractivity contribution < 1.29 is 19.7 Å². The molecule has 1 aromatic rings. The van der Waals surface area contributed by atoms with Gasteiger partial charge < -0.3 is 19.8 Å². The molecule has 2 aliphatic rings. The van der Waals surface area contributed by atoms with Gasteiger partial charge >= 0.3 is 6.09 Å². The number of piperidine rings is 1. The van der Waals surface area contributed by atoms with Crippen LogP contribution in [0.15, 0.2) is 30.3 Å². The van der Waals surface area contributed by atoms with E-state index in [1.54, 1.807) is 9.80 Å². The molecule has 3 N–H and O–H groups in total. The monoisotopic (exact) mass is 363 g/mol. The minimum Gasteiger partial charge on any atom is -0.444 e. The van der Waals surface area contributed by atoms with E-state index in [9.17, 15) is 15.0 Å². The van der Waals surface area contributed by atoms with E-state index in [-0.39, 0.29) is 18.2 Å². The first-order valence-electron chi connectivity index (χ1n) is 9.19. The third-order valence-electron chi connectivity index (χ3n) is 4.91. The van der Waals surface area contributed by atoms with Gasteiger partial charge in [0.15, 0.2) is 6.35 Å². The van der Waals surface area contributed by atoms with Crippen molar-refractivity contribution in [1.29, 1.82) is 0 Å². The quantitative estimate of drug-likeness (QED) is 0.741. The fourth-order valence-corrected chi connectivity index (χ4v) is 3.67. The van der Waals surface area contributed by atoms with Crippen molar-refractivity contribution in [1.82, 2.24) is 15.1 Å². The maximum Gasteiger partial charge on any atom is 0.410 e. The van der Waals surface area contributed by atoms with Crippen molar-refractivity contribution in [2.45, 2.75) is 63.9 Å². The Labute approximate surface area is 154 Å². The zero-order chi connectivity index (χ0) is 18.9. The average Bonchev–Trinajstić information content (AvgIpc) is 2.89. The highest BCUT2D eigenvalue weighted by molar-refractivity contribution is 5.68. The molecular formula is C19H29N3O4. The highest BCUT2D eigenvalue weighted by Gasteiger charge is 2.44. The predicted octanol–water partition coefficient (Wildman–Crippen LogP) is 1.63. The number of likely N-dealkylation sites (tertiary alicyclic amines) is 1. The molecular weight excluding hydrogens is 334 g/mol. The Morgan fingerprint density at radius 3 is 2.35 bits per heavy atom. The second-order valence-electron chi connectivity index (χ2n) is 7.99. The highest BCUT2D eigenvalue weighted by Crippen LogP contribution is 2.31. The summed E-state index contributed by atoms with van der Waals surface area (Å²) in [4.78, 5) is 15.6. The molecule has 0 bridgehead atoms. The van der Waals surface area contributed by atoms with Gasteiger partial charge in [-0.25, -0.2) is 9.69 Å². The third kappa shape index (κ3) is 4.17. The number of aliphatic hydroxyl groups is 2. The molecule has 0 aromatic heterocycles. The Balaban J connectivity index is 1.60. The molecule has 0 aliphatic carbocycles. The van der Waals surface area contributed by atoms with E-state index in [1.165, 1.54) is 0 Å². The van der Waals surface area contributed by atoms with Gasteiger partial charge in [-0.3, -0.25) is 5.32 Å². The largest absolute Gasteiger partial charge is 0.444 e. The van der Waals surface area contributed by atoms with Crippen LogP contribution >= 0.6 is 0 Å². The summed E-state index contributed by atoms with van der Waals surface area (Å²) in [5.74, 6) is 0. The van der Waals surface area contributed by atoms with Gasteiger partial charge in [0.25, 0.3) is 0 Å². The molecule has 0 saturated carbocycles. The first-order valence-corrected chi connectivity index (χ1v) is 9.19. The summed E-state index contributed by atoms with van der Waals surface area (Å²) in [5, 5.41) is 24.2. The number of nitrogens with one attached hydrogen (secondary N) is 1. The molecule has 1 amide bonds. The molecule has 3 atom stereocenters. The number of benzene rings is 1. The van der Waals surface area contributed by atoms with Gasteiger partial charge in [0.1, 0.15) is 11.8 Å². The van der Waals surface area contributed by atoms with Crippen LogP contribution in [0.2, 0.25) is 0 Å². The molecule has 2 heterocycles. The summed E-state index contributed by atoms with van der Waals surface area (Å²) in [7, 11) is 0. The van der Waals surface area contributed by atoms with E-state index in [0.717, 1.165) is 5.56 Å². The topological polar surface area (TPSA) is 85.3 Å². The van der Waals surface area contributed by atoms with Crippen LogP contribution in [0, 0.1) is 0 Å². The van der Waals surface area contributed by atoms with Crippen LogP contribution in [0.25, 0.3) is 0 Å². The Morgan fingerprint density at radius 2 is 1.77 bits per heavy atom. The molecule has 1 aromatic carbocycles. The predicted molar refractivity (Wildman–Crippen MR) is 97.0 cm³/mol. The second-order valence-corrected chi connectivity index (χ2v) is 7.99. The van der Waals surface area contributed by atoms with Gasteiger partial charge in [-0.2, -0.15) is 0 Å². The molecule has 26 heavy (non-hydrogen) atoms. The maximum absolute atomic E-state index is 12.2. The number of nitrogens with zero attached hydrogens (tertiary/aromatic N) is 2. The Bertz CT molecular complexity index is 611. The van der Waals surface area contributed by atoms with Crippen LogP contribution in [0.4, 0.5) is 4.79 Å². The van der Waals surface area contributed by atoms with Crippen molar-refractivity contribution in [2.75, 3.05) is 13.1 Å². The van der Waals surface area contributed by atoms with Crippen molar-refractivity contribution in [3.05, 3.63) is 35.9 Å². The average molecular weight is 363 g/mol. The number of carbonyl (C=O) groups is 1. The Hall–Kier alpha value is -1.67. The van der Waals surface area contributed by atoms with Crippen molar-refractivity contribution in [2.24, 2.45) is 0 Å². The van der Waals surface area contributed by atoms with Crippen molar-refractivity contribution in [3.63, 3.8) is 0 Å². The summed E-state index contributed by atoms with van der Waals surface area (Å²) in [6, 6.07) is 9.28. The van der Waals surface area contributed by atoms with Crippen LogP contribution < -0.4 is 5.32 Å². The van der Waals surface area contributed by atoms with E-state index < -0.39 is 18.2 Å². The van der Waals surface area contributed by atoms with E-state index in [1.807, 2.05) is 51.1 Å². The molecule has 2 fully saturated rings. The smallest absolute Gasteiger partial charge is 0.410 e. The SMILES string of the molecule is CC(C)(C)OC(=O)N1CCC(N2C(O)NC(c3ccccc3)C2O)CC1. The lowest BCUT2D eigenvalue weighted by Gasteiger charge is -2.39. The zero-order valence-corrected chi connectivity index (χ0v) is 15.6. The number of hydrogen-bond acceptors (Lipinski definition) is 6. The van der Waals surface area contributed by atoms with Gasteiger partial charge in [-0.15, -0.1) is 0 Å². The van der Waals surface area contributed by atoms with Gasteiger partial charge in [0.2, 0.25) is 0 Å². The van der Waals surface area contributed by atoms with Crippen LogP contribution in [0.5, 0.6) is 0 Å². The standard InChI is InChI=1S/C19H29N3O4/c1-19(2,3)26-18(25)21-11-9-14(10-12-21)22-16(23)15(20-17(22)24)13-7-5-4-6-8-13/h4-8,14-17,20,23-24H,9-12H2,1-3H3. The van der Waals surface area contributed by atoms with Gasteiger partial charge in [-0.1, -0.05) is 30.3 Å². The van der Waals surface area contributed by atoms with Crippen LogP contribution in [-0.2, 0) is 4.74 Å². The van der Waals surface area contributed by atoms with Gasteiger partial charge in [-0.05, 0) is 39.2 Å². The molecule has 7 nitrogen and oxygen atoms in total. The van der Waals surface area contributed by atoms with E-state index in [2.05, 4.69) is 5.32 Å². The van der Waals surface area contributed by atoms with E-state index in [0.29, 0.717) is 25.9 Å². The number of carbonyl (C=O) groups excluding carboxylic acids is 1. The van der Waals surface area contributed by atoms with Crippen LogP contribution in [0.1, 0.15) is 45.2 Å². The second kappa shape index (κ2) is 7.52. The third-order valence-corrected chi connectivity index (χ3v) is 4.91. The lowest BCUT2D eigenvalue weighted by molar-refractivity contribution is -0.0974. The molecule has 0 spiro atoms. The zero-order valence-electron chi connectivity index (χ0n) is 15.6. The summed E-state index contributed by atoms with van der Waals surface area (Å²) < 4.78 is 5.42. The number of amides is 1. The Morgan fingerprint density at radius 1 is 1.15 bits per heavy atom. The Kier molecular flexibility index (Phi) is 5.53. The molecule has 7 heteroatoms. The first-order chi connectivity index (χ1) is 12.3. The number of hydrogen-bond donors (Lipinski definition) is 3. The summed E-state index contributed by atoms with van der Waals surface area (Å²) in [6.45, 7) is 6.65. The summed E-state index contributed by atoms with van der Waals surface area (Å²) in [5.41, 5.74) is 0.426. The molecule has 2 saturated heterocycles. The first kappa shape index (κ1) is 19.1. The van der Waals surface area contributed by atoms with Crippen molar-refractivity contribution in [3.8, 4) is 0 Å². The number of rotatable bonds is 2. The van der Waals surface area contributed by atoms with Crippen molar-refractivity contribution >= 4 is 6.09 Å². The van der Waals surface area contributed by atoms with E-state index in [4.69, 9.17) is 4.74 Å². The summed E-state index contributed by atoms with van der Waals surface area (Å²) in [6.07, 6.45) is -0.676. The fourth-order valence-electron chi connectivity index (χ4n) is 3.67. The number of aliphatic hydroxyl groups excluding tert-OH is 2.